The molecule has 0 saturated carbocycles. The minimum Gasteiger partial charge on any atom is -0.312 e. The Kier molecular flexibility index (Phi) is 5.38. The number of halogens is 3. The molecule has 0 aliphatic rings. The molecule has 1 aromatic carbocycles. The molecular formula is C12H17F3NO3P. The molecule has 0 aromatic heterocycles. The average Bonchev–Trinajstić information content (AvgIpc) is 2.26. The lowest BCUT2D eigenvalue weighted by molar-refractivity contribution is -0.137. The van der Waals surface area contributed by atoms with E-state index in [1.54, 1.807) is 13.8 Å². The van der Waals surface area contributed by atoms with Crippen LogP contribution in [0.3, 0.4) is 0 Å². The highest BCUT2D eigenvalue weighted by atomic mass is 31.2. The number of alkyl halides is 3. The van der Waals surface area contributed by atoms with E-state index in [-0.39, 0.29) is 13.0 Å². The maximum atomic E-state index is 12.6. The minimum atomic E-state index is -4.42. The van der Waals surface area contributed by atoms with E-state index in [4.69, 9.17) is 9.79 Å². The summed E-state index contributed by atoms with van der Waals surface area (Å²) in [6.45, 7) is 3.27. The Morgan fingerprint density at radius 3 is 2.40 bits per heavy atom. The highest BCUT2D eigenvalue weighted by Gasteiger charge is 2.31. The van der Waals surface area contributed by atoms with E-state index in [0.29, 0.717) is 5.56 Å². The van der Waals surface area contributed by atoms with Crippen LogP contribution in [0.5, 0.6) is 0 Å². The van der Waals surface area contributed by atoms with Crippen LogP contribution in [0.25, 0.3) is 0 Å². The third-order valence-electron chi connectivity index (χ3n) is 2.95. The summed E-state index contributed by atoms with van der Waals surface area (Å²) in [6, 6.07) is 4.21. The summed E-state index contributed by atoms with van der Waals surface area (Å²) in [5, 5.41) is 0. The fraction of sp³-hybridized carbons (Fsp3) is 0.500. The first-order valence-electron chi connectivity index (χ1n) is 6.04. The summed E-state index contributed by atoms with van der Waals surface area (Å²) < 4.78 is 50.0. The van der Waals surface area contributed by atoms with Gasteiger partial charge in [0.15, 0.2) is 0 Å². The van der Waals surface area contributed by atoms with Gasteiger partial charge in [-0.3, -0.25) is 0 Å². The molecule has 1 rings (SSSR count). The van der Waals surface area contributed by atoms with Crippen LogP contribution in [0, 0.1) is 0 Å². The van der Waals surface area contributed by atoms with Crippen molar-refractivity contribution in [1.82, 2.24) is 4.67 Å². The standard InChI is InChI=1S/C12H17F3NO3P/c1-3-16(20(17,18)19)9(2)7-10-5-4-6-11(8-10)12(13,14)15/h4-6,8-9H,3,7H2,1-2H3,(H2,17,18,19). The van der Waals surface area contributed by atoms with Crippen molar-refractivity contribution in [2.24, 2.45) is 0 Å². The first kappa shape index (κ1) is 17.2. The fourth-order valence-corrected chi connectivity index (χ4v) is 3.04. The number of likely N-dealkylation sites (N-methyl/N-ethyl adjacent to an activating group) is 1. The van der Waals surface area contributed by atoms with Crippen molar-refractivity contribution in [3.05, 3.63) is 35.4 Å². The Morgan fingerprint density at radius 1 is 1.35 bits per heavy atom. The van der Waals surface area contributed by atoms with Crippen LogP contribution < -0.4 is 0 Å². The van der Waals surface area contributed by atoms with Crippen molar-refractivity contribution >= 4 is 7.75 Å². The molecule has 2 N–H and O–H groups in total. The van der Waals surface area contributed by atoms with Gasteiger partial charge in [0, 0.05) is 12.6 Å². The molecule has 0 heterocycles. The molecule has 8 heteroatoms. The maximum absolute atomic E-state index is 12.6. The molecule has 0 saturated heterocycles. The van der Waals surface area contributed by atoms with Gasteiger partial charge in [0.25, 0.3) is 0 Å². The third-order valence-corrected chi connectivity index (χ3v) is 4.30. The van der Waals surface area contributed by atoms with Crippen molar-refractivity contribution in [1.29, 1.82) is 0 Å². The average molecular weight is 311 g/mol. The van der Waals surface area contributed by atoms with Gasteiger partial charge in [0.05, 0.1) is 5.56 Å². The zero-order chi connectivity index (χ0) is 15.6. The van der Waals surface area contributed by atoms with E-state index in [9.17, 15) is 17.7 Å². The molecule has 1 unspecified atom stereocenters. The molecule has 0 aliphatic carbocycles. The zero-order valence-corrected chi connectivity index (χ0v) is 12.0. The SMILES string of the molecule is CCN(C(C)Cc1cccc(C(F)(F)F)c1)P(=O)(O)O. The van der Waals surface area contributed by atoms with Crippen LogP contribution in [0.15, 0.2) is 24.3 Å². The van der Waals surface area contributed by atoms with Gasteiger partial charge >= 0.3 is 13.9 Å². The number of hydrogen-bond acceptors (Lipinski definition) is 1. The second kappa shape index (κ2) is 6.26. The summed E-state index contributed by atoms with van der Waals surface area (Å²) in [7, 11) is -4.40. The quantitative estimate of drug-likeness (QED) is 0.821. The van der Waals surface area contributed by atoms with E-state index in [0.717, 1.165) is 16.8 Å². The van der Waals surface area contributed by atoms with Crippen molar-refractivity contribution in [2.45, 2.75) is 32.5 Å². The molecule has 1 atom stereocenters. The summed E-state index contributed by atoms with van der Waals surface area (Å²) in [4.78, 5) is 18.3. The Balaban J connectivity index is 2.91. The summed E-state index contributed by atoms with van der Waals surface area (Å²) in [5.74, 6) is 0. The van der Waals surface area contributed by atoms with Crippen LogP contribution in [0.2, 0.25) is 0 Å². The largest absolute Gasteiger partial charge is 0.416 e. The van der Waals surface area contributed by atoms with Crippen LogP contribution >= 0.6 is 7.75 Å². The second-order valence-corrected chi connectivity index (χ2v) is 6.06. The van der Waals surface area contributed by atoms with Crippen LogP contribution in [-0.4, -0.2) is 27.0 Å². The highest BCUT2D eigenvalue weighted by Crippen LogP contribution is 2.42. The van der Waals surface area contributed by atoms with Crippen molar-refractivity contribution < 1.29 is 27.5 Å². The Bertz CT molecular complexity index is 501. The van der Waals surface area contributed by atoms with E-state index in [2.05, 4.69) is 0 Å². The molecule has 114 valence electrons. The summed E-state index contributed by atoms with van der Waals surface area (Å²) in [6.07, 6.45) is -4.30. The molecule has 0 radical (unpaired) electrons. The van der Waals surface area contributed by atoms with Gasteiger partial charge in [-0.15, -0.1) is 0 Å². The Hall–Kier alpha value is -0.880. The second-order valence-electron chi connectivity index (χ2n) is 4.52. The van der Waals surface area contributed by atoms with Gasteiger partial charge in [-0.2, -0.15) is 13.2 Å². The van der Waals surface area contributed by atoms with Crippen molar-refractivity contribution in [2.75, 3.05) is 6.54 Å². The molecule has 4 nitrogen and oxygen atoms in total. The molecule has 20 heavy (non-hydrogen) atoms. The first-order chi connectivity index (χ1) is 9.05. The number of benzene rings is 1. The predicted octanol–water partition coefficient (Wildman–Crippen LogP) is 3.05. The van der Waals surface area contributed by atoms with Gasteiger partial charge in [-0.05, 0) is 25.0 Å². The van der Waals surface area contributed by atoms with Crippen LogP contribution in [-0.2, 0) is 17.2 Å². The number of nitrogens with zero attached hydrogens (tertiary/aromatic N) is 1. The topological polar surface area (TPSA) is 60.8 Å². The maximum Gasteiger partial charge on any atom is 0.416 e. The normalized spacial score (nSPS) is 14.6. The van der Waals surface area contributed by atoms with Gasteiger partial charge in [0.2, 0.25) is 0 Å². The van der Waals surface area contributed by atoms with Gasteiger partial charge < -0.3 is 9.79 Å². The fourth-order valence-electron chi connectivity index (χ4n) is 2.07. The molecule has 0 fully saturated rings. The number of hydrogen-bond donors (Lipinski definition) is 2. The Morgan fingerprint density at radius 2 is 1.95 bits per heavy atom. The van der Waals surface area contributed by atoms with E-state index < -0.39 is 25.5 Å². The minimum absolute atomic E-state index is 0.115. The summed E-state index contributed by atoms with van der Waals surface area (Å²) in [5.41, 5.74) is -0.374. The number of rotatable bonds is 5. The lowest BCUT2D eigenvalue weighted by atomic mass is 10.0. The van der Waals surface area contributed by atoms with Crippen molar-refractivity contribution in [3.63, 3.8) is 0 Å². The smallest absolute Gasteiger partial charge is 0.312 e. The lowest BCUT2D eigenvalue weighted by Crippen LogP contribution is -2.31. The lowest BCUT2D eigenvalue weighted by Gasteiger charge is -2.28. The van der Waals surface area contributed by atoms with Crippen LogP contribution in [0.4, 0.5) is 13.2 Å². The molecule has 0 aliphatic heterocycles. The molecule has 0 bridgehead atoms. The van der Waals surface area contributed by atoms with Gasteiger partial charge in [-0.1, -0.05) is 25.1 Å². The zero-order valence-electron chi connectivity index (χ0n) is 11.1. The van der Waals surface area contributed by atoms with Crippen LogP contribution in [0.1, 0.15) is 25.0 Å². The summed E-state index contributed by atoms with van der Waals surface area (Å²) >= 11 is 0. The highest BCUT2D eigenvalue weighted by molar-refractivity contribution is 7.49. The molecule has 0 spiro atoms. The Labute approximate surface area is 115 Å². The van der Waals surface area contributed by atoms with Gasteiger partial charge in [0.1, 0.15) is 0 Å². The first-order valence-corrected chi connectivity index (χ1v) is 7.61. The molecular weight excluding hydrogens is 294 g/mol. The van der Waals surface area contributed by atoms with E-state index >= 15 is 0 Å². The van der Waals surface area contributed by atoms with Crippen molar-refractivity contribution in [3.8, 4) is 0 Å². The van der Waals surface area contributed by atoms with Gasteiger partial charge in [-0.25, -0.2) is 9.24 Å². The molecule has 1 aromatic rings. The van der Waals surface area contributed by atoms with E-state index in [1.807, 2.05) is 0 Å². The third kappa shape index (κ3) is 4.59. The predicted molar refractivity (Wildman–Crippen MR) is 69.0 cm³/mol. The van der Waals surface area contributed by atoms with E-state index in [1.165, 1.54) is 12.1 Å². The molecule has 0 amide bonds. The monoisotopic (exact) mass is 311 g/mol.